The summed E-state index contributed by atoms with van der Waals surface area (Å²) in [5.41, 5.74) is 0. The largest absolute Gasteiger partial charge is 0.385 e. The van der Waals surface area contributed by atoms with E-state index in [0.717, 1.165) is 31.4 Å². The van der Waals surface area contributed by atoms with E-state index in [0.29, 0.717) is 6.04 Å². The van der Waals surface area contributed by atoms with Gasteiger partial charge in [0, 0.05) is 33.4 Å². The minimum Gasteiger partial charge on any atom is -0.385 e. The smallest absolute Gasteiger partial charge is 0.191 e. The third-order valence-electron chi connectivity index (χ3n) is 3.90. The molecule has 5 heteroatoms. The minimum atomic E-state index is 0. The Bertz CT molecular complexity index is 254. The van der Waals surface area contributed by atoms with Crippen molar-refractivity contribution in [1.82, 2.24) is 10.6 Å². The van der Waals surface area contributed by atoms with Gasteiger partial charge >= 0.3 is 0 Å². The average molecular weight is 397 g/mol. The summed E-state index contributed by atoms with van der Waals surface area (Å²) in [6.45, 7) is 4.21. The van der Waals surface area contributed by atoms with Crippen molar-refractivity contribution in [2.45, 2.75) is 57.9 Å². The van der Waals surface area contributed by atoms with Crippen molar-refractivity contribution in [2.24, 2.45) is 10.9 Å². The van der Waals surface area contributed by atoms with E-state index in [4.69, 9.17) is 4.74 Å². The second-order valence-corrected chi connectivity index (χ2v) is 5.65. The molecule has 0 spiro atoms. The first-order valence-corrected chi connectivity index (χ1v) is 7.72. The summed E-state index contributed by atoms with van der Waals surface area (Å²) in [6.07, 6.45) is 8.75. The van der Waals surface area contributed by atoms with Gasteiger partial charge in [0.05, 0.1) is 0 Å². The Labute approximate surface area is 141 Å². The molecule has 2 N–H and O–H groups in total. The number of aliphatic imine (C=N–C) groups is 1. The van der Waals surface area contributed by atoms with Crippen LogP contribution in [0.5, 0.6) is 0 Å². The van der Waals surface area contributed by atoms with Gasteiger partial charge in [0.1, 0.15) is 0 Å². The van der Waals surface area contributed by atoms with Gasteiger partial charge in [-0.25, -0.2) is 0 Å². The molecule has 1 aliphatic rings. The Balaban J connectivity index is 0.00000361. The molecule has 0 radical (unpaired) electrons. The molecular formula is C15H32IN3O. The first-order valence-electron chi connectivity index (χ1n) is 7.72. The van der Waals surface area contributed by atoms with Gasteiger partial charge in [-0.3, -0.25) is 4.99 Å². The molecule has 0 bridgehead atoms. The fourth-order valence-corrected chi connectivity index (χ4v) is 2.55. The Kier molecular flexibility index (Phi) is 12.7. The van der Waals surface area contributed by atoms with Crippen molar-refractivity contribution in [3.63, 3.8) is 0 Å². The first-order chi connectivity index (χ1) is 9.26. The zero-order valence-electron chi connectivity index (χ0n) is 13.3. The Morgan fingerprint density at radius 3 is 2.45 bits per heavy atom. The zero-order chi connectivity index (χ0) is 13.9. The molecule has 120 valence electrons. The standard InChI is InChI=1S/C15H31N3O.HI/c1-13-7-9-14(10-8-13)18-15(16-2)17-11-5-4-6-12-19-3;/h13-14H,4-12H2,1-3H3,(H2,16,17,18);1H. The van der Waals surface area contributed by atoms with Gasteiger partial charge in [-0.15, -0.1) is 24.0 Å². The van der Waals surface area contributed by atoms with E-state index in [1.54, 1.807) is 7.11 Å². The molecule has 0 aliphatic heterocycles. The lowest BCUT2D eigenvalue weighted by Gasteiger charge is -2.28. The van der Waals surface area contributed by atoms with Crippen molar-refractivity contribution in [2.75, 3.05) is 27.3 Å². The monoisotopic (exact) mass is 397 g/mol. The van der Waals surface area contributed by atoms with Crippen LogP contribution in [0.3, 0.4) is 0 Å². The molecule has 0 aromatic carbocycles. The third kappa shape index (κ3) is 9.00. The summed E-state index contributed by atoms with van der Waals surface area (Å²) in [5.74, 6) is 1.86. The molecule has 20 heavy (non-hydrogen) atoms. The van der Waals surface area contributed by atoms with Crippen LogP contribution in [0.1, 0.15) is 51.9 Å². The fourth-order valence-electron chi connectivity index (χ4n) is 2.55. The summed E-state index contributed by atoms with van der Waals surface area (Å²) in [7, 11) is 3.61. The van der Waals surface area contributed by atoms with Crippen LogP contribution >= 0.6 is 24.0 Å². The van der Waals surface area contributed by atoms with Gasteiger partial charge in [0.2, 0.25) is 0 Å². The predicted octanol–water partition coefficient (Wildman–Crippen LogP) is 3.16. The molecule has 4 nitrogen and oxygen atoms in total. The predicted molar refractivity (Wildman–Crippen MR) is 97.1 cm³/mol. The lowest BCUT2D eigenvalue weighted by Crippen LogP contribution is -2.44. The number of hydrogen-bond donors (Lipinski definition) is 2. The van der Waals surface area contributed by atoms with E-state index in [2.05, 4.69) is 22.5 Å². The van der Waals surface area contributed by atoms with Crippen molar-refractivity contribution in [3.8, 4) is 0 Å². The van der Waals surface area contributed by atoms with E-state index < -0.39 is 0 Å². The van der Waals surface area contributed by atoms with E-state index in [1.807, 2.05) is 7.05 Å². The SMILES string of the molecule is CN=C(NCCCCCOC)NC1CCC(C)CC1.I. The van der Waals surface area contributed by atoms with Crippen LogP contribution in [0.25, 0.3) is 0 Å². The summed E-state index contributed by atoms with van der Waals surface area (Å²) >= 11 is 0. The molecule has 1 aliphatic carbocycles. The maximum atomic E-state index is 5.04. The van der Waals surface area contributed by atoms with Gasteiger partial charge in [0.25, 0.3) is 0 Å². The molecule has 0 saturated heterocycles. The Morgan fingerprint density at radius 2 is 1.85 bits per heavy atom. The van der Waals surface area contributed by atoms with Crippen LogP contribution in [-0.4, -0.2) is 39.3 Å². The summed E-state index contributed by atoms with van der Waals surface area (Å²) in [6, 6.07) is 0.607. The number of rotatable bonds is 7. The highest BCUT2D eigenvalue weighted by Gasteiger charge is 2.18. The van der Waals surface area contributed by atoms with E-state index in [-0.39, 0.29) is 24.0 Å². The topological polar surface area (TPSA) is 45.7 Å². The number of nitrogens with one attached hydrogen (secondary N) is 2. The first kappa shape index (κ1) is 20.0. The van der Waals surface area contributed by atoms with Crippen LogP contribution in [0.4, 0.5) is 0 Å². The van der Waals surface area contributed by atoms with Gasteiger partial charge in [0.15, 0.2) is 5.96 Å². The average Bonchev–Trinajstić information content (AvgIpc) is 2.43. The van der Waals surface area contributed by atoms with Crippen LogP contribution in [-0.2, 0) is 4.74 Å². The molecule has 0 heterocycles. The second kappa shape index (κ2) is 12.7. The van der Waals surface area contributed by atoms with Crippen molar-refractivity contribution < 1.29 is 4.74 Å². The van der Waals surface area contributed by atoms with Crippen LogP contribution in [0, 0.1) is 5.92 Å². The number of methoxy groups -OCH3 is 1. The fraction of sp³-hybridized carbons (Fsp3) is 0.933. The highest BCUT2D eigenvalue weighted by atomic mass is 127. The molecule has 1 saturated carbocycles. The summed E-state index contributed by atoms with van der Waals surface area (Å²) in [5, 5.41) is 6.95. The number of unbranched alkanes of at least 4 members (excludes halogenated alkanes) is 2. The van der Waals surface area contributed by atoms with Crippen LogP contribution in [0.2, 0.25) is 0 Å². The van der Waals surface area contributed by atoms with Crippen molar-refractivity contribution >= 4 is 29.9 Å². The molecule has 1 rings (SSSR count). The highest BCUT2D eigenvalue weighted by molar-refractivity contribution is 14.0. The molecule has 0 atom stereocenters. The van der Waals surface area contributed by atoms with Crippen LogP contribution < -0.4 is 10.6 Å². The number of nitrogens with zero attached hydrogens (tertiary/aromatic N) is 1. The summed E-state index contributed by atoms with van der Waals surface area (Å²) < 4.78 is 5.04. The number of halogens is 1. The molecule has 0 unspecified atom stereocenters. The third-order valence-corrected chi connectivity index (χ3v) is 3.90. The van der Waals surface area contributed by atoms with E-state index in [9.17, 15) is 0 Å². The molecular weight excluding hydrogens is 365 g/mol. The van der Waals surface area contributed by atoms with Gasteiger partial charge in [-0.1, -0.05) is 6.92 Å². The van der Waals surface area contributed by atoms with Gasteiger partial charge in [-0.2, -0.15) is 0 Å². The maximum Gasteiger partial charge on any atom is 0.191 e. The van der Waals surface area contributed by atoms with Crippen LogP contribution in [0.15, 0.2) is 4.99 Å². The van der Waals surface area contributed by atoms with Crippen molar-refractivity contribution in [3.05, 3.63) is 0 Å². The molecule has 0 aromatic heterocycles. The zero-order valence-corrected chi connectivity index (χ0v) is 15.6. The number of ether oxygens (including phenoxy) is 1. The quantitative estimate of drug-likeness (QED) is 0.300. The lowest BCUT2D eigenvalue weighted by atomic mass is 9.87. The van der Waals surface area contributed by atoms with Crippen molar-refractivity contribution in [1.29, 1.82) is 0 Å². The molecule has 1 fully saturated rings. The highest BCUT2D eigenvalue weighted by Crippen LogP contribution is 2.23. The second-order valence-electron chi connectivity index (χ2n) is 5.65. The summed E-state index contributed by atoms with van der Waals surface area (Å²) in [4.78, 5) is 4.30. The maximum absolute atomic E-state index is 5.04. The molecule has 0 aromatic rings. The normalized spacial score (nSPS) is 23.1. The lowest BCUT2D eigenvalue weighted by molar-refractivity contribution is 0.192. The van der Waals surface area contributed by atoms with E-state index >= 15 is 0 Å². The van der Waals surface area contributed by atoms with Gasteiger partial charge in [-0.05, 0) is 50.9 Å². The van der Waals surface area contributed by atoms with Gasteiger partial charge < -0.3 is 15.4 Å². The Morgan fingerprint density at radius 1 is 1.15 bits per heavy atom. The number of hydrogen-bond acceptors (Lipinski definition) is 2. The Hall–Kier alpha value is -0.0400. The minimum absolute atomic E-state index is 0. The number of guanidine groups is 1. The van der Waals surface area contributed by atoms with E-state index in [1.165, 1.54) is 38.5 Å². The molecule has 0 amide bonds.